The van der Waals surface area contributed by atoms with Crippen LogP contribution in [0, 0.1) is 0 Å². The summed E-state index contributed by atoms with van der Waals surface area (Å²) in [6, 6.07) is 7.18. The second-order valence-corrected chi connectivity index (χ2v) is 5.05. The molecule has 0 amide bonds. The first-order valence-electron chi connectivity index (χ1n) is 6.69. The molecule has 2 nitrogen and oxygen atoms in total. The smallest absolute Gasteiger partial charge is 0.256 e. The van der Waals surface area contributed by atoms with E-state index < -0.39 is 13.0 Å². The Morgan fingerprint density at radius 2 is 1.91 bits per heavy atom. The largest absolute Gasteiger partial charge is 0.490 e. The zero-order valence-corrected chi connectivity index (χ0v) is 12.7. The van der Waals surface area contributed by atoms with Gasteiger partial charge in [-0.05, 0) is 42.0 Å². The van der Waals surface area contributed by atoms with E-state index in [0.29, 0.717) is 28.8 Å². The Morgan fingerprint density at radius 1 is 1.23 bits per heavy atom. The van der Waals surface area contributed by atoms with Crippen LogP contribution < -0.4 is 4.74 Å². The van der Waals surface area contributed by atoms with Gasteiger partial charge in [-0.3, -0.25) is 0 Å². The van der Waals surface area contributed by atoms with Crippen molar-refractivity contribution < 1.29 is 13.5 Å². The van der Waals surface area contributed by atoms with Gasteiger partial charge in [-0.1, -0.05) is 30.8 Å². The fourth-order valence-corrected chi connectivity index (χ4v) is 2.25. The van der Waals surface area contributed by atoms with Gasteiger partial charge in [0.1, 0.15) is 12.4 Å². The summed E-state index contributed by atoms with van der Waals surface area (Å²) < 4.78 is 31.0. The molecular formula is C17H16ClF2NO. The maximum absolute atomic E-state index is 12.8. The topological polar surface area (TPSA) is 12.5 Å². The van der Waals surface area contributed by atoms with Gasteiger partial charge < -0.3 is 9.64 Å². The number of alkyl halides is 2. The standard InChI is InChI=1S/C17H16ClF2NO/c1-3-10-22-14-6-4-13(5-7-14)16-9-8-15(18)12(2)21(16)11-17(19)20/h3-9,17H,1-2,10-11H2. The summed E-state index contributed by atoms with van der Waals surface area (Å²) in [4.78, 5) is 1.42. The molecule has 116 valence electrons. The highest BCUT2D eigenvalue weighted by Gasteiger charge is 2.23. The molecule has 1 heterocycles. The first kappa shape index (κ1) is 16.3. The van der Waals surface area contributed by atoms with Gasteiger partial charge in [0.2, 0.25) is 0 Å². The number of halogens is 3. The van der Waals surface area contributed by atoms with Crippen molar-refractivity contribution in [1.29, 1.82) is 0 Å². The molecule has 0 fully saturated rings. The van der Waals surface area contributed by atoms with Gasteiger partial charge in [0.25, 0.3) is 6.43 Å². The number of hydrogen-bond donors (Lipinski definition) is 0. The third kappa shape index (κ3) is 3.77. The molecule has 0 atom stereocenters. The van der Waals surface area contributed by atoms with Crippen molar-refractivity contribution in [2.75, 3.05) is 13.2 Å². The molecule has 0 radical (unpaired) electrons. The number of allylic oxidation sites excluding steroid dienone is 3. The third-order valence-electron chi connectivity index (χ3n) is 3.12. The molecule has 2 rings (SSSR count). The molecule has 0 unspecified atom stereocenters. The molecule has 0 bridgehead atoms. The highest BCUT2D eigenvalue weighted by Crippen LogP contribution is 2.33. The number of benzene rings is 1. The quantitative estimate of drug-likeness (QED) is 0.697. The molecule has 1 aliphatic heterocycles. The summed E-state index contributed by atoms with van der Waals surface area (Å²) >= 11 is 5.98. The van der Waals surface area contributed by atoms with Crippen LogP contribution in [0.2, 0.25) is 0 Å². The van der Waals surface area contributed by atoms with Crippen molar-refractivity contribution in [1.82, 2.24) is 4.90 Å². The summed E-state index contributed by atoms with van der Waals surface area (Å²) in [6.45, 7) is 7.31. The van der Waals surface area contributed by atoms with E-state index in [9.17, 15) is 8.78 Å². The van der Waals surface area contributed by atoms with Gasteiger partial charge in [-0.25, -0.2) is 8.78 Å². The Balaban J connectivity index is 2.27. The maximum Gasteiger partial charge on any atom is 0.256 e. The molecule has 0 N–H and O–H groups in total. The Morgan fingerprint density at radius 3 is 2.50 bits per heavy atom. The van der Waals surface area contributed by atoms with E-state index in [1.54, 1.807) is 30.4 Å². The van der Waals surface area contributed by atoms with Crippen molar-refractivity contribution in [2.45, 2.75) is 6.43 Å². The van der Waals surface area contributed by atoms with Crippen LogP contribution in [-0.4, -0.2) is 24.5 Å². The Hall–Kier alpha value is -2.07. The molecule has 0 saturated heterocycles. The van der Waals surface area contributed by atoms with Gasteiger partial charge in [0.15, 0.2) is 0 Å². The monoisotopic (exact) mass is 323 g/mol. The van der Waals surface area contributed by atoms with Crippen molar-refractivity contribution in [3.63, 3.8) is 0 Å². The minimum Gasteiger partial charge on any atom is -0.490 e. The first-order chi connectivity index (χ1) is 10.5. The van der Waals surface area contributed by atoms with Gasteiger partial charge in [0.05, 0.1) is 17.3 Å². The predicted octanol–water partition coefficient (Wildman–Crippen LogP) is 4.81. The van der Waals surface area contributed by atoms with E-state index in [4.69, 9.17) is 16.3 Å². The molecule has 1 aromatic rings. The summed E-state index contributed by atoms with van der Waals surface area (Å²) in [5.74, 6) is 0.688. The van der Waals surface area contributed by atoms with E-state index >= 15 is 0 Å². The lowest BCUT2D eigenvalue weighted by molar-refractivity contribution is 0.123. The van der Waals surface area contributed by atoms with Crippen molar-refractivity contribution >= 4 is 17.3 Å². The first-order valence-corrected chi connectivity index (χ1v) is 7.07. The average Bonchev–Trinajstić information content (AvgIpc) is 2.50. The molecule has 22 heavy (non-hydrogen) atoms. The van der Waals surface area contributed by atoms with E-state index in [1.807, 2.05) is 12.1 Å². The zero-order chi connectivity index (χ0) is 16.1. The van der Waals surface area contributed by atoms with Crippen LogP contribution >= 0.6 is 11.6 Å². The zero-order valence-electron chi connectivity index (χ0n) is 11.9. The third-order valence-corrected chi connectivity index (χ3v) is 3.46. The van der Waals surface area contributed by atoms with Gasteiger partial charge in [0, 0.05) is 5.70 Å². The SMILES string of the molecule is C=CCOc1ccc(C2=CC=C(Cl)C(=C)N2CC(F)F)cc1. The summed E-state index contributed by atoms with van der Waals surface area (Å²) in [6.07, 6.45) is 2.53. The fraction of sp³-hybridized carbons (Fsp3) is 0.176. The van der Waals surface area contributed by atoms with Crippen LogP contribution in [0.25, 0.3) is 5.70 Å². The molecular weight excluding hydrogens is 308 g/mol. The minimum absolute atomic E-state index is 0.357. The highest BCUT2D eigenvalue weighted by atomic mass is 35.5. The number of nitrogens with zero attached hydrogens (tertiary/aromatic N) is 1. The molecule has 0 saturated carbocycles. The molecule has 0 spiro atoms. The summed E-state index contributed by atoms with van der Waals surface area (Å²) in [5.41, 5.74) is 1.78. The van der Waals surface area contributed by atoms with E-state index in [0.717, 1.165) is 5.56 Å². The number of hydrogen-bond acceptors (Lipinski definition) is 2. The molecule has 5 heteroatoms. The predicted molar refractivity (Wildman–Crippen MR) is 85.9 cm³/mol. The van der Waals surface area contributed by atoms with Crippen LogP contribution in [0.15, 0.2) is 66.4 Å². The molecule has 1 aliphatic rings. The Bertz CT molecular complexity index is 620. The van der Waals surface area contributed by atoms with E-state index in [1.165, 1.54) is 4.90 Å². The van der Waals surface area contributed by atoms with Crippen LogP contribution in [0.5, 0.6) is 5.75 Å². The lowest BCUT2D eigenvalue weighted by Crippen LogP contribution is -2.28. The Kier molecular flexibility index (Phi) is 5.39. The molecule has 1 aromatic carbocycles. The second-order valence-electron chi connectivity index (χ2n) is 4.64. The molecule has 0 aliphatic carbocycles. The average molecular weight is 324 g/mol. The highest BCUT2D eigenvalue weighted by molar-refractivity contribution is 6.32. The van der Waals surface area contributed by atoms with Gasteiger partial charge in [-0.15, -0.1) is 0 Å². The van der Waals surface area contributed by atoms with Crippen molar-refractivity contribution in [2.24, 2.45) is 0 Å². The van der Waals surface area contributed by atoms with Crippen LogP contribution in [-0.2, 0) is 0 Å². The maximum atomic E-state index is 12.8. The van der Waals surface area contributed by atoms with Crippen molar-refractivity contribution in [3.05, 3.63) is 71.9 Å². The number of ether oxygens (including phenoxy) is 1. The fourth-order valence-electron chi connectivity index (χ4n) is 2.09. The van der Waals surface area contributed by atoms with Crippen molar-refractivity contribution in [3.8, 4) is 5.75 Å². The number of rotatable bonds is 6. The Labute approximate surface area is 133 Å². The van der Waals surface area contributed by atoms with Crippen LogP contribution in [0.1, 0.15) is 5.56 Å². The summed E-state index contributed by atoms with van der Waals surface area (Å²) in [7, 11) is 0. The lowest BCUT2D eigenvalue weighted by atomic mass is 10.1. The van der Waals surface area contributed by atoms with E-state index in [-0.39, 0.29) is 0 Å². The molecule has 0 aromatic heterocycles. The summed E-state index contributed by atoms with van der Waals surface area (Å²) in [5, 5.41) is 0.357. The minimum atomic E-state index is -2.49. The van der Waals surface area contributed by atoms with Gasteiger partial charge in [-0.2, -0.15) is 0 Å². The lowest BCUT2D eigenvalue weighted by Gasteiger charge is -2.31. The van der Waals surface area contributed by atoms with Crippen LogP contribution in [0.4, 0.5) is 8.78 Å². The second kappa shape index (κ2) is 7.27. The van der Waals surface area contributed by atoms with E-state index in [2.05, 4.69) is 13.2 Å². The van der Waals surface area contributed by atoms with Crippen LogP contribution in [0.3, 0.4) is 0 Å². The van der Waals surface area contributed by atoms with Gasteiger partial charge >= 0.3 is 0 Å². The normalized spacial score (nSPS) is 14.7.